The normalized spacial score (nSPS) is 10.4. The molecule has 0 spiro atoms. The van der Waals surface area contributed by atoms with Crippen LogP contribution >= 0.6 is 0 Å². The minimum Gasteiger partial charge on any atom is -0.399 e. The van der Waals surface area contributed by atoms with Crippen molar-refractivity contribution in [3.05, 3.63) is 40.6 Å². The molecule has 1 amide bonds. The Labute approximate surface area is 105 Å². The SMILES string of the molecule is Cc1cc(N)ccc1C(=O)Nc1onc(C)c1C. The van der Waals surface area contributed by atoms with Crippen molar-refractivity contribution in [3.63, 3.8) is 0 Å². The number of anilines is 2. The largest absolute Gasteiger partial charge is 0.399 e. The number of rotatable bonds is 2. The summed E-state index contributed by atoms with van der Waals surface area (Å²) >= 11 is 0. The lowest BCUT2D eigenvalue weighted by Crippen LogP contribution is -2.13. The van der Waals surface area contributed by atoms with Crippen molar-refractivity contribution in [1.29, 1.82) is 0 Å². The fraction of sp³-hybridized carbons (Fsp3) is 0.231. The average molecular weight is 245 g/mol. The van der Waals surface area contributed by atoms with E-state index in [4.69, 9.17) is 10.3 Å². The molecular formula is C13H15N3O2. The van der Waals surface area contributed by atoms with E-state index in [1.54, 1.807) is 18.2 Å². The zero-order valence-electron chi connectivity index (χ0n) is 10.6. The number of carbonyl (C=O) groups is 1. The molecule has 0 atom stereocenters. The molecule has 18 heavy (non-hydrogen) atoms. The summed E-state index contributed by atoms with van der Waals surface area (Å²) in [5, 5.41) is 6.49. The summed E-state index contributed by atoms with van der Waals surface area (Å²) in [6, 6.07) is 5.15. The van der Waals surface area contributed by atoms with Gasteiger partial charge >= 0.3 is 0 Å². The van der Waals surface area contributed by atoms with Crippen LogP contribution in [0.4, 0.5) is 11.6 Å². The van der Waals surface area contributed by atoms with Gasteiger partial charge in [0.1, 0.15) is 0 Å². The standard InChI is InChI=1S/C13H15N3O2/c1-7-6-10(14)4-5-11(7)12(17)15-13-8(2)9(3)16-18-13/h4-6H,14H2,1-3H3,(H,15,17). The molecule has 0 bridgehead atoms. The number of amides is 1. The summed E-state index contributed by atoms with van der Waals surface area (Å²) in [6.07, 6.45) is 0. The highest BCUT2D eigenvalue weighted by atomic mass is 16.5. The van der Waals surface area contributed by atoms with Gasteiger partial charge in [0.05, 0.1) is 5.69 Å². The maximum Gasteiger partial charge on any atom is 0.258 e. The molecule has 1 aromatic carbocycles. The minimum absolute atomic E-state index is 0.230. The van der Waals surface area contributed by atoms with E-state index in [0.717, 1.165) is 16.8 Å². The fourth-order valence-corrected chi connectivity index (χ4v) is 1.64. The van der Waals surface area contributed by atoms with Crippen molar-refractivity contribution in [1.82, 2.24) is 5.16 Å². The Hall–Kier alpha value is -2.30. The van der Waals surface area contributed by atoms with Crippen LogP contribution in [0.1, 0.15) is 27.2 Å². The number of nitrogens with two attached hydrogens (primary N) is 1. The Kier molecular flexibility index (Phi) is 3.06. The van der Waals surface area contributed by atoms with Crippen LogP contribution in [0.25, 0.3) is 0 Å². The zero-order valence-corrected chi connectivity index (χ0v) is 10.6. The molecule has 0 unspecified atom stereocenters. The Balaban J connectivity index is 2.25. The topological polar surface area (TPSA) is 81.2 Å². The second-order valence-corrected chi connectivity index (χ2v) is 4.25. The first-order valence-electron chi connectivity index (χ1n) is 5.59. The van der Waals surface area contributed by atoms with Crippen LogP contribution in [-0.4, -0.2) is 11.1 Å². The number of nitrogen functional groups attached to an aromatic ring is 1. The van der Waals surface area contributed by atoms with Crippen molar-refractivity contribution in [2.75, 3.05) is 11.1 Å². The Morgan fingerprint density at radius 2 is 2.06 bits per heavy atom. The van der Waals surface area contributed by atoms with Crippen LogP contribution < -0.4 is 11.1 Å². The molecule has 0 aliphatic rings. The van der Waals surface area contributed by atoms with Crippen LogP contribution in [0.2, 0.25) is 0 Å². The molecule has 1 aromatic heterocycles. The molecule has 0 radical (unpaired) electrons. The molecule has 0 aliphatic carbocycles. The lowest BCUT2D eigenvalue weighted by Gasteiger charge is -2.06. The summed E-state index contributed by atoms with van der Waals surface area (Å²) in [4.78, 5) is 12.1. The molecule has 0 saturated carbocycles. The van der Waals surface area contributed by atoms with Crippen LogP contribution in [0, 0.1) is 20.8 Å². The summed E-state index contributed by atoms with van der Waals surface area (Å²) in [5.74, 6) is 0.153. The van der Waals surface area contributed by atoms with E-state index in [1.165, 1.54) is 0 Å². The van der Waals surface area contributed by atoms with Gasteiger partial charge in [-0.3, -0.25) is 10.1 Å². The molecule has 94 valence electrons. The number of aryl methyl sites for hydroxylation is 2. The van der Waals surface area contributed by atoms with Crippen LogP contribution in [0.5, 0.6) is 0 Å². The van der Waals surface area contributed by atoms with Gasteiger partial charge in [0.25, 0.3) is 5.91 Å². The fourth-order valence-electron chi connectivity index (χ4n) is 1.64. The molecule has 0 aliphatic heterocycles. The number of nitrogens with one attached hydrogen (secondary N) is 1. The Morgan fingerprint density at radius 1 is 1.33 bits per heavy atom. The zero-order chi connectivity index (χ0) is 13.3. The minimum atomic E-state index is -0.230. The first kappa shape index (κ1) is 12.2. The predicted octanol–water partition coefficient (Wildman–Crippen LogP) is 2.43. The molecule has 0 fully saturated rings. The van der Waals surface area contributed by atoms with Crippen molar-refractivity contribution >= 4 is 17.5 Å². The molecule has 5 heteroatoms. The second-order valence-electron chi connectivity index (χ2n) is 4.25. The van der Waals surface area contributed by atoms with E-state index in [1.807, 2.05) is 20.8 Å². The summed E-state index contributed by atoms with van der Waals surface area (Å²) in [6.45, 7) is 5.50. The van der Waals surface area contributed by atoms with Crippen molar-refractivity contribution in [3.8, 4) is 0 Å². The third-order valence-electron chi connectivity index (χ3n) is 2.88. The number of carbonyl (C=O) groups excluding carboxylic acids is 1. The van der Waals surface area contributed by atoms with Gasteiger partial charge in [0.15, 0.2) is 0 Å². The van der Waals surface area contributed by atoms with E-state index in [9.17, 15) is 4.79 Å². The smallest absolute Gasteiger partial charge is 0.258 e. The second kappa shape index (κ2) is 4.52. The molecular weight excluding hydrogens is 230 g/mol. The molecule has 2 rings (SSSR count). The molecule has 1 heterocycles. The van der Waals surface area contributed by atoms with Crippen LogP contribution in [0.3, 0.4) is 0 Å². The molecule has 2 aromatic rings. The molecule has 3 N–H and O–H groups in total. The third kappa shape index (κ3) is 2.20. The summed E-state index contributed by atoms with van der Waals surface area (Å²) < 4.78 is 5.04. The third-order valence-corrected chi connectivity index (χ3v) is 2.88. The van der Waals surface area contributed by atoms with E-state index < -0.39 is 0 Å². The highest BCUT2D eigenvalue weighted by Crippen LogP contribution is 2.19. The highest BCUT2D eigenvalue weighted by Gasteiger charge is 2.14. The van der Waals surface area contributed by atoms with Gasteiger partial charge in [0, 0.05) is 16.8 Å². The summed E-state index contributed by atoms with van der Waals surface area (Å²) in [5.41, 5.74) is 9.26. The van der Waals surface area contributed by atoms with Crippen LogP contribution in [-0.2, 0) is 0 Å². The number of aromatic nitrogens is 1. The number of hydrogen-bond donors (Lipinski definition) is 2. The Morgan fingerprint density at radius 3 is 2.61 bits per heavy atom. The first-order chi connectivity index (χ1) is 8.49. The predicted molar refractivity (Wildman–Crippen MR) is 69.5 cm³/mol. The van der Waals surface area contributed by atoms with Gasteiger partial charge in [0.2, 0.25) is 5.88 Å². The van der Waals surface area contributed by atoms with E-state index >= 15 is 0 Å². The van der Waals surface area contributed by atoms with E-state index in [0.29, 0.717) is 17.1 Å². The summed E-state index contributed by atoms with van der Waals surface area (Å²) in [7, 11) is 0. The molecule has 5 nitrogen and oxygen atoms in total. The van der Waals surface area contributed by atoms with Gasteiger partial charge in [-0.1, -0.05) is 5.16 Å². The van der Waals surface area contributed by atoms with Crippen molar-refractivity contribution in [2.24, 2.45) is 0 Å². The van der Waals surface area contributed by atoms with Crippen LogP contribution in [0.15, 0.2) is 22.7 Å². The van der Waals surface area contributed by atoms with E-state index in [2.05, 4.69) is 10.5 Å². The van der Waals surface area contributed by atoms with Crippen molar-refractivity contribution in [2.45, 2.75) is 20.8 Å². The van der Waals surface area contributed by atoms with Gasteiger partial charge in [-0.15, -0.1) is 0 Å². The monoisotopic (exact) mass is 245 g/mol. The highest BCUT2D eigenvalue weighted by molar-refractivity contribution is 6.05. The number of hydrogen-bond acceptors (Lipinski definition) is 4. The maximum absolute atomic E-state index is 12.1. The first-order valence-corrected chi connectivity index (χ1v) is 5.59. The van der Waals surface area contributed by atoms with Gasteiger partial charge < -0.3 is 10.3 Å². The van der Waals surface area contributed by atoms with Gasteiger partial charge in [-0.2, -0.15) is 0 Å². The van der Waals surface area contributed by atoms with E-state index in [-0.39, 0.29) is 5.91 Å². The molecule has 0 saturated heterocycles. The van der Waals surface area contributed by atoms with Crippen molar-refractivity contribution < 1.29 is 9.32 Å². The van der Waals surface area contributed by atoms with Gasteiger partial charge in [-0.25, -0.2) is 0 Å². The number of benzene rings is 1. The van der Waals surface area contributed by atoms with Gasteiger partial charge in [-0.05, 0) is 44.5 Å². The average Bonchev–Trinajstić information content (AvgIpc) is 2.61. The number of nitrogens with zero attached hydrogens (tertiary/aromatic N) is 1. The lowest BCUT2D eigenvalue weighted by molar-refractivity contribution is 0.102. The maximum atomic E-state index is 12.1. The Bertz CT molecular complexity index is 602. The lowest BCUT2D eigenvalue weighted by atomic mass is 10.1. The quantitative estimate of drug-likeness (QED) is 0.796.